The predicted octanol–water partition coefficient (Wildman–Crippen LogP) is 4.44. The maximum atomic E-state index is 13.5. The van der Waals surface area contributed by atoms with E-state index in [0.717, 1.165) is 15.4 Å². The maximum Gasteiger partial charge on any atom is 0.333 e. The van der Waals surface area contributed by atoms with Crippen LogP contribution in [0.5, 0.6) is 11.5 Å². The number of aryl methyl sites for hydroxylation is 1. The number of nitrogens with two attached hydrogens (primary N) is 1. The van der Waals surface area contributed by atoms with Gasteiger partial charge in [0.05, 0.1) is 25.9 Å². The number of thiazole rings is 1. The third-order valence-electron chi connectivity index (χ3n) is 5.42. The van der Waals surface area contributed by atoms with Gasteiger partial charge >= 0.3 is 5.97 Å². The molecule has 2 aromatic carbocycles. The number of Topliss-reactive ketones (excluding diaryl/α,β-unsaturated/α-hetero) is 1. The number of methoxy groups -OCH3 is 2. The van der Waals surface area contributed by atoms with Crippen LogP contribution >= 0.6 is 11.3 Å². The quantitative estimate of drug-likeness (QED) is 0.372. The molecule has 0 fully saturated rings. The molecule has 8 nitrogen and oxygen atoms in total. The Kier molecular flexibility index (Phi) is 8.61. The van der Waals surface area contributed by atoms with Gasteiger partial charge in [-0.3, -0.25) is 4.79 Å². The third kappa shape index (κ3) is 5.87. The Labute approximate surface area is 208 Å². The Balaban J connectivity index is 2.02. The van der Waals surface area contributed by atoms with Crippen LogP contribution in [0, 0.1) is 6.92 Å². The van der Waals surface area contributed by atoms with E-state index in [1.165, 1.54) is 25.6 Å². The lowest BCUT2D eigenvalue weighted by molar-refractivity contribution is -0.153. The fourth-order valence-corrected chi connectivity index (χ4v) is 4.75. The van der Waals surface area contributed by atoms with Crippen LogP contribution in [0.4, 0.5) is 0 Å². The molecule has 186 valence electrons. The zero-order chi connectivity index (χ0) is 25.7. The Morgan fingerprint density at radius 1 is 1.09 bits per heavy atom. The molecule has 35 heavy (non-hydrogen) atoms. The minimum atomic E-state index is -1.14. The maximum absolute atomic E-state index is 13.5. The number of carboxylic acids is 1. The molecule has 1 aromatic heterocycles. The highest BCUT2D eigenvalue weighted by atomic mass is 32.1. The second kappa shape index (κ2) is 11.4. The molecule has 0 aliphatic rings. The molecule has 0 radical (unpaired) electrons. The van der Waals surface area contributed by atoms with Gasteiger partial charge in [0.2, 0.25) is 5.78 Å². The van der Waals surface area contributed by atoms with E-state index in [1.807, 2.05) is 37.3 Å². The van der Waals surface area contributed by atoms with Gasteiger partial charge in [-0.2, -0.15) is 0 Å². The number of hydrogen-bond donors (Lipinski definition) is 2. The summed E-state index contributed by atoms with van der Waals surface area (Å²) in [6.45, 7) is 5.36. The van der Waals surface area contributed by atoms with Crippen molar-refractivity contribution in [2.45, 2.75) is 45.4 Å². The summed E-state index contributed by atoms with van der Waals surface area (Å²) in [6, 6.07) is 11.8. The molecule has 0 spiro atoms. The van der Waals surface area contributed by atoms with E-state index < -0.39 is 18.1 Å². The average Bonchev–Trinajstić information content (AvgIpc) is 3.23. The summed E-state index contributed by atoms with van der Waals surface area (Å²) in [5.41, 5.74) is 8.55. The van der Waals surface area contributed by atoms with Crippen molar-refractivity contribution < 1.29 is 28.9 Å². The van der Waals surface area contributed by atoms with E-state index in [1.54, 1.807) is 26.0 Å². The first-order chi connectivity index (χ1) is 16.7. The van der Waals surface area contributed by atoms with E-state index >= 15 is 0 Å². The van der Waals surface area contributed by atoms with Crippen LogP contribution in [0.3, 0.4) is 0 Å². The van der Waals surface area contributed by atoms with E-state index in [-0.39, 0.29) is 24.0 Å². The number of carbonyl (C=O) groups excluding carboxylic acids is 1. The van der Waals surface area contributed by atoms with Crippen LogP contribution in [-0.4, -0.2) is 48.3 Å². The van der Waals surface area contributed by atoms with Gasteiger partial charge in [0.15, 0.2) is 6.10 Å². The lowest BCUT2D eigenvalue weighted by Gasteiger charge is -2.22. The Hall–Kier alpha value is -3.27. The highest BCUT2D eigenvalue weighted by Crippen LogP contribution is 2.39. The topological polar surface area (TPSA) is 121 Å². The summed E-state index contributed by atoms with van der Waals surface area (Å²) in [4.78, 5) is 30.6. The molecule has 2 unspecified atom stereocenters. The van der Waals surface area contributed by atoms with Crippen LogP contribution in [0.25, 0.3) is 10.6 Å². The first kappa shape index (κ1) is 26.3. The molecule has 0 aliphatic heterocycles. The fraction of sp³-hybridized carbons (Fsp3) is 0.346. The van der Waals surface area contributed by atoms with Crippen molar-refractivity contribution in [3.05, 3.63) is 64.2 Å². The monoisotopic (exact) mass is 498 g/mol. The molecular weight excluding hydrogens is 468 g/mol. The number of nitrogens with zero attached hydrogens (tertiary/aromatic N) is 1. The lowest BCUT2D eigenvalue weighted by atomic mass is 9.94. The highest BCUT2D eigenvalue weighted by molar-refractivity contribution is 7.15. The number of ketones is 1. The van der Waals surface area contributed by atoms with Crippen LogP contribution < -0.4 is 15.2 Å². The van der Waals surface area contributed by atoms with Gasteiger partial charge in [-0.15, -0.1) is 11.3 Å². The molecule has 0 bridgehead atoms. The number of ether oxygens (including phenoxy) is 3. The normalized spacial score (nSPS) is 12.9. The number of rotatable bonds is 11. The first-order valence-electron chi connectivity index (χ1n) is 11.1. The SMILES string of the molecule is COc1ccc(CC(OC(C)C)C(=O)O)c(OC)c1C(N)C(=O)c1nc(-c2ccccc2)sc1C. The fourth-order valence-electron chi connectivity index (χ4n) is 3.83. The van der Waals surface area contributed by atoms with Crippen LogP contribution in [0.15, 0.2) is 42.5 Å². The second-order valence-electron chi connectivity index (χ2n) is 8.22. The van der Waals surface area contributed by atoms with Gasteiger partial charge in [0.1, 0.15) is 28.2 Å². The van der Waals surface area contributed by atoms with Crippen molar-refractivity contribution in [1.82, 2.24) is 4.98 Å². The number of hydrogen-bond acceptors (Lipinski definition) is 8. The van der Waals surface area contributed by atoms with Gasteiger partial charge < -0.3 is 25.1 Å². The van der Waals surface area contributed by atoms with Crippen molar-refractivity contribution in [3.8, 4) is 22.1 Å². The Morgan fingerprint density at radius 3 is 2.34 bits per heavy atom. The Morgan fingerprint density at radius 2 is 1.77 bits per heavy atom. The minimum absolute atomic E-state index is 0.0302. The van der Waals surface area contributed by atoms with Gasteiger partial charge in [0.25, 0.3) is 0 Å². The molecule has 1 heterocycles. The molecule has 2 atom stereocenters. The molecule has 3 rings (SSSR count). The van der Waals surface area contributed by atoms with Crippen molar-refractivity contribution in [1.29, 1.82) is 0 Å². The Bertz CT molecular complexity index is 1190. The summed E-state index contributed by atoms with van der Waals surface area (Å²) in [7, 11) is 2.91. The minimum Gasteiger partial charge on any atom is -0.496 e. The summed E-state index contributed by atoms with van der Waals surface area (Å²) < 4.78 is 16.7. The van der Waals surface area contributed by atoms with Crippen LogP contribution in [0.2, 0.25) is 0 Å². The lowest BCUT2D eigenvalue weighted by Crippen LogP contribution is -2.30. The number of carboxylic acid groups (broad SMARTS) is 1. The number of aliphatic carboxylic acids is 1. The second-order valence-corrected chi connectivity index (χ2v) is 9.42. The van der Waals surface area contributed by atoms with Crippen LogP contribution in [-0.2, 0) is 16.0 Å². The van der Waals surface area contributed by atoms with E-state index in [4.69, 9.17) is 19.9 Å². The van der Waals surface area contributed by atoms with Gasteiger partial charge in [0, 0.05) is 16.9 Å². The van der Waals surface area contributed by atoms with Gasteiger partial charge in [-0.25, -0.2) is 9.78 Å². The zero-order valence-corrected chi connectivity index (χ0v) is 21.2. The smallest absolute Gasteiger partial charge is 0.333 e. The molecule has 0 amide bonds. The molecular formula is C26H30N2O6S. The molecule has 0 saturated heterocycles. The van der Waals surface area contributed by atoms with Crippen molar-refractivity contribution in [2.24, 2.45) is 5.73 Å². The predicted molar refractivity (Wildman–Crippen MR) is 134 cm³/mol. The number of aromatic nitrogens is 1. The molecule has 3 N–H and O–H groups in total. The standard InChI is InChI=1S/C26H30N2O6S/c1-14(2)34-19(26(30)31)13-17-11-12-18(32-4)20(24(17)33-5)21(27)23(29)22-15(3)35-25(28-22)16-9-7-6-8-10-16/h6-12,14,19,21H,13,27H2,1-5H3,(H,30,31). The first-order valence-corrected chi connectivity index (χ1v) is 11.9. The molecule has 3 aromatic rings. The summed E-state index contributed by atoms with van der Waals surface area (Å²) in [5, 5.41) is 10.3. The van der Waals surface area contributed by atoms with Crippen molar-refractivity contribution >= 4 is 23.1 Å². The van der Waals surface area contributed by atoms with Gasteiger partial charge in [-0.1, -0.05) is 36.4 Å². The summed E-state index contributed by atoms with van der Waals surface area (Å²) >= 11 is 1.42. The van der Waals surface area contributed by atoms with Crippen LogP contribution in [0.1, 0.15) is 46.4 Å². The van der Waals surface area contributed by atoms with E-state index in [0.29, 0.717) is 22.6 Å². The van der Waals surface area contributed by atoms with E-state index in [9.17, 15) is 14.7 Å². The van der Waals surface area contributed by atoms with Gasteiger partial charge in [-0.05, 0) is 32.4 Å². The zero-order valence-electron chi connectivity index (χ0n) is 20.4. The third-order valence-corrected chi connectivity index (χ3v) is 6.44. The number of benzene rings is 2. The summed E-state index contributed by atoms with van der Waals surface area (Å²) in [6.07, 6.45) is -1.34. The average molecular weight is 499 g/mol. The molecule has 9 heteroatoms. The highest BCUT2D eigenvalue weighted by Gasteiger charge is 2.31. The largest absolute Gasteiger partial charge is 0.496 e. The van der Waals surface area contributed by atoms with Crippen molar-refractivity contribution in [3.63, 3.8) is 0 Å². The molecule has 0 aliphatic carbocycles. The number of carbonyl (C=O) groups is 2. The van der Waals surface area contributed by atoms with E-state index in [2.05, 4.69) is 4.98 Å². The summed E-state index contributed by atoms with van der Waals surface area (Å²) in [5.74, 6) is -0.827. The molecule has 0 saturated carbocycles. The van der Waals surface area contributed by atoms with Crippen molar-refractivity contribution in [2.75, 3.05) is 14.2 Å².